The van der Waals surface area contributed by atoms with Gasteiger partial charge in [-0.05, 0) is 41.1 Å². The summed E-state index contributed by atoms with van der Waals surface area (Å²) in [5, 5.41) is 2.58. The third kappa shape index (κ3) is 5.37. The number of nitrogens with one attached hydrogen (secondary N) is 2. The van der Waals surface area contributed by atoms with Crippen molar-refractivity contribution in [2.24, 2.45) is 5.73 Å². The highest BCUT2D eigenvalue weighted by Crippen LogP contribution is 2.25. The largest absolute Gasteiger partial charge is 0.329 e. The van der Waals surface area contributed by atoms with Gasteiger partial charge in [-0.3, -0.25) is 4.79 Å². The summed E-state index contributed by atoms with van der Waals surface area (Å²) in [5.41, 5.74) is 5.89. The van der Waals surface area contributed by atoms with Gasteiger partial charge in [-0.15, -0.1) is 12.4 Å². The maximum absolute atomic E-state index is 12.0. The molecule has 1 atom stereocenters. The number of rotatable bonds is 5. The molecule has 114 valence electrons. The van der Waals surface area contributed by atoms with Crippen LogP contribution in [0.5, 0.6) is 0 Å². The summed E-state index contributed by atoms with van der Waals surface area (Å²) < 4.78 is 27.0. The van der Waals surface area contributed by atoms with Crippen LogP contribution in [0.25, 0.3) is 0 Å². The zero-order chi connectivity index (χ0) is 14.6. The number of sulfonamides is 1. The Kier molecular flexibility index (Phi) is 7.67. The fourth-order valence-electron chi connectivity index (χ4n) is 1.34. The van der Waals surface area contributed by atoms with Crippen LogP contribution in [0.3, 0.4) is 0 Å². The quantitative estimate of drug-likeness (QED) is 0.713. The molecule has 6 nitrogen and oxygen atoms in total. The Balaban J connectivity index is 0.00000361. The first kappa shape index (κ1) is 19.3. The van der Waals surface area contributed by atoms with Crippen molar-refractivity contribution < 1.29 is 13.2 Å². The molecule has 0 saturated heterocycles. The van der Waals surface area contributed by atoms with Gasteiger partial charge in [0.25, 0.3) is 0 Å². The lowest BCUT2D eigenvalue weighted by Crippen LogP contribution is -2.37. The van der Waals surface area contributed by atoms with Crippen LogP contribution < -0.4 is 15.8 Å². The minimum absolute atomic E-state index is 0. The summed E-state index contributed by atoms with van der Waals surface area (Å²) in [6, 6.07) is 4.02. The molecule has 0 fully saturated rings. The second kappa shape index (κ2) is 7.94. The van der Waals surface area contributed by atoms with Crippen molar-refractivity contribution in [1.82, 2.24) is 4.72 Å². The Hall–Kier alpha value is -0.670. The highest BCUT2D eigenvalue weighted by Gasteiger charge is 2.17. The summed E-state index contributed by atoms with van der Waals surface area (Å²) in [7, 11) is -3.61. The number of amides is 1. The molecule has 0 aliphatic rings. The Bertz CT molecular complexity index is 580. The molecule has 1 aromatic rings. The number of hydrogen-bond donors (Lipinski definition) is 3. The van der Waals surface area contributed by atoms with Gasteiger partial charge in [0.2, 0.25) is 15.9 Å². The van der Waals surface area contributed by atoms with E-state index < -0.39 is 10.0 Å². The van der Waals surface area contributed by atoms with E-state index in [2.05, 4.69) is 26.0 Å². The van der Waals surface area contributed by atoms with Gasteiger partial charge >= 0.3 is 0 Å². The zero-order valence-corrected chi connectivity index (χ0v) is 14.2. The molecular weight excluding hydrogens is 370 g/mol. The molecule has 1 aromatic carbocycles. The van der Waals surface area contributed by atoms with Crippen LogP contribution in [0.1, 0.15) is 13.8 Å². The predicted octanol–water partition coefficient (Wildman–Crippen LogP) is 1.45. The molecule has 0 unspecified atom stereocenters. The SMILES string of the molecule is CC(=O)Nc1ccc(S(=O)(=O)N[C@@H](C)CN)cc1Br.Cl. The van der Waals surface area contributed by atoms with Gasteiger partial charge in [0.15, 0.2) is 0 Å². The van der Waals surface area contributed by atoms with Crippen molar-refractivity contribution in [3.63, 3.8) is 0 Å². The molecule has 0 aliphatic heterocycles. The van der Waals surface area contributed by atoms with Crippen LogP contribution >= 0.6 is 28.3 Å². The van der Waals surface area contributed by atoms with E-state index in [9.17, 15) is 13.2 Å². The molecule has 1 amide bonds. The average molecular weight is 387 g/mol. The first-order chi connectivity index (χ1) is 8.76. The van der Waals surface area contributed by atoms with Crippen molar-refractivity contribution in [3.05, 3.63) is 22.7 Å². The summed E-state index contributed by atoms with van der Waals surface area (Å²) in [5.74, 6) is -0.230. The maximum atomic E-state index is 12.0. The highest BCUT2D eigenvalue weighted by atomic mass is 79.9. The summed E-state index contributed by atoms with van der Waals surface area (Å²) in [4.78, 5) is 11.1. The molecule has 0 heterocycles. The number of halogens is 2. The third-order valence-electron chi connectivity index (χ3n) is 2.27. The number of carbonyl (C=O) groups excluding carboxylic acids is 1. The predicted molar refractivity (Wildman–Crippen MR) is 84.5 cm³/mol. The zero-order valence-electron chi connectivity index (χ0n) is 11.0. The minimum atomic E-state index is -3.61. The van der Waals surface area contributed by atoms with Crippen molar-refractivity contribution in [3.8, 4) is 0 Å². The van der Waals surface area contributed by atoms with Gasteiger partial charge in [0, 0.05) is 24.0 Å². The Morgan fingerprint density at radius 3 is 2.50 bits per heavy atom. The molecule has 0 spiro atoms. The number of anilines is 1. The normalized spacial score (nSPS) is 12.4. The van der Waals surface area contributed by atoms with E-state index in [1.54, 1.807) is 6.92 Å². The first-order valence-corrected chi connectivity index (χ1v) is 7.83. The fraction of sp³-hybridized carbons (Fsp3) is 0.364. The fourth-order valence-corrected chi connectivity index (χ4v) is 3.25. The van der Waals surface area contributed by atoms with Gasteiger partial charge < -0.3 is 11.1 Å². The van der Waals surface area contributed by atoms with E-state index in [4.69, 9.17) is 5.73 Å². The molecule has 1 rings (SSSR count). The maximum Gasteiger partial charge on any atom is 0.240 e. The molecule has 4 N–H and O–H groups in total. The topological polar surface area (TPSA) is 101 Å². The van der Waals surface area contributed by atoms with Crippen LogP contribution in [-0.2, 0) is 14.8 Å². The Morgan fingerprint density at radius 2 is 2.05 bits per heavy atom. The van der Waals surface area contributed by atoms with Gasteiger partial charge in [0.1, 0.15) is 0 Å². The van der Waals surface area contributed by atoms with Crippen LogP contribution in [0.2, 0.25) is 0 Å². The van der Waals surface area contributed by atoms with Gasteiger partial charge in [-0.2, -0.15) is 0 Å². The molecule has 0 radical (unpaired) electrons. The first-order valence-electron chi connectivity index (χ1n) is 5.56. The number of benzene rings is 1. The average Bonchev–Trinajstić information content (AvgIpc) is 2.30. The molecule has 0 saturated carbocycles. The summed E-state index contributed by atoms with van der Waals surface area (Å²) in [6.07, 6.45) is 0. The van der Waals surface area contributed by atoms with Gasteiger partial charge in [-0.1, -0.05) is 0 Å². The van der Waals surface area contributed by atoms with Crippen molar-refractivity contribution in [2.75, 3.05) is 11.9 Å². The van der Waals surface area contributed by atoms with E-state index in [0.29, 0.717) is 10.2 Å². The molecular formula is C11H17BrClN3O3S. The van der Waals surface area contributed by atoms with E-state index in [0.717, 1.165) is 0 Å². The second-order valence-corrected chi connectivity index (χ2v) is 6.65. The molecule has 20 heavy (non-hydrogen) atoms. The van der Waals surface area contributed by atoms with Crippen LogP contribution in [-0.4, -0.2) is 26.9 Å². The Morgan fingerprint density at radius 1 is 1.45 bits per heavy atom. The molecule has 0 aliphatic carbocycles. The number of hydrogen-bond acceptors (Lipinski definition) is 4. The van der Waals surface area contributed by atoms with Gasteiger partial charge in [-0.25, -0.2) is 13.1 Å². The molecule has 0 bridgehead atoms. The van der Waals surface area contributed by atoms with E-state index >= 15 is 0 Å². The molecule has 0 aromatic heterocycles. The second-order valence-electron chi connectivity index (χ2n) is 4.08. The van der Waals surface area contributed by atoms with Crippen molar-refractivity contribution in [1.29, 1.82) is 0 Å². The monoisotopic (exact) mass is 385 g/mol. The van der Waals surface area contributed by atoms with E-state index in [1.807, 2.05) is 0 Å². The van der Waals surface area contributed by atoms with Crippen LogP contribution in [0.4, 0.5) is 5.69 Å². The minimum Gasteiger partial charge on any atom is -0.329 e. The summed E-state index contributed by atoms with van der Waals surface area (Å²) in [6.45, 7) is 3.27. The van der Waals surface area contributed by atoms with Crippen molar-refractivity contribution >= 4 is 50.0 Å². The third-order valence-corrected chi connectivity index (χ3v) is 4.51. The smallest absolute Gasteiger partial charge is 0.240 e. The van der Waals surface area contributed by atoms with Crippen LogP contribution in [0, 0.1) is 0 Å². The van der Waals surface area contributed by atoms with Crippen LogP contribution in [0.15, 0.2) is 27.6 Å². The highest BCUT2D eigenvalue weighted by molar-refractivity contribution is 9.10. The van der Waals surface area contributed by atoms with E-state index in [-0.39, 0.29) is 35.8 Å². The van der Waals surface area contributed by atoms with E-state index in [1.165, 1.54) is 25.1 Å². The number of nitrogens with two attached hydrogens (primary N) is 1. The summed E-state index contributed by atoms with van der Waals surface area (Å²) >= 11 is 3.22. The van der Waals surface area contributed by atoms with Crippen molar-refractivity contribution in [2.45, 2.75) is 24.8 Å². The molecule has 9 heteroatoms. The number of carbonyl (C=O) groups is 1. The Labute approximate surface area is 133 Å². The lowest BCUT2D eigenvalue weighted by molar-refractivity contribution is -0.114. The lowest BCUT2D eigenvalue weighted by atomic mass is 10.3. The van der Waals surface area contributed by atoms with Gasteiger partial charge in [0.05, 0.1) is 10.6 Å². The standard InChI is InChI=1S/C11H16BrN3O3S.ClH/c1-7(6-13)15-19(17,18)9-3-4-11(10(12)5-9)14-8(2)16;/h3-5,7,15H,6,13H2,1-2H3,(H,14,16);1H/t7-;/m0./s1. The lowest BCUT2D eigenvalue weighted by Gasteiger charge is -2.13.